The van der Waals surface area contributed by atoms with Crippen molar-refractivity contribution in [1.29, 1.82) is 0 Å². The van der Waals surface area contributed by atoms with Crippen LogP contribution in [0.5, 0.6) is 0 Å². The van der Waals surface area contributed by atoms with Gasteiger partial charge < -0.3 is 14.9 Å². The topological polar surface area (TPSA) is 83.8 Å². The number of ketones is 1. The Bertz CT molecular complexity index is 411. The third kappa shape index (κ3) is 1.07. The van der Waals surface area contributed by atoms with Gasteiger partial charge in [-0.3, -0.25) is 9.59 Å². The number of carbonyl (C=O) groups is 2. The number of hydrogen-bond acceptors (Lipinski definition) is 5. The van der Waals surface area contributed by atoms with Gasteiger partial charge in [0.1, 0.15) is 23.4 Å². The first-order chi connectivity index (χ1) is 7.42. The first-order valence-electron chi connectivity index (χ1n) is 4.91. The molecular formula is C11H12O5. The molecule has 1 aliphatic carbocycles. The van der Waals surface area contributed by atoms with Gasteiger partial charge in [-0.15, -0.1) is 0 Å². The van der Waals surface area contributed by atoms with Crippen LogP contribution < -0.4 is 0 Å². The minimum absolute atomic E-state index is 0.126. The van der Waals surface area contributed by atoms with Crippen LogP contribution in [0.1, 0.15) is 6.92 Å². The number of cyclic esters (lactones) is 1. The monoisotopic (exact) mass is 224 g/mol. The second-order valence-electron chi connectivity index (χ2n) is 4.14. The van der Waals surface area contributed by atoms with Crippen molar-refractivity contribution in [1.82, 2.24) is 0 Å². The maximum absolute atomic E-state index is 11.7. The molecule has 5 nitrogen and oxygen atoms in total. The van der Waals surface area contributed by atoms with Gasteiger partial charge >= 0.3 is 5.97 Å². The van der Waals surface area contributed by atoms with Crippen molar-refractivity contribution in [3.05, 3.63) is 24.5 Å². The highest BCUT2D eigenvalue weighted by Crippen LogP contribution is 2.47. The van der Waals surface area contributed by atoms with E-state index in [0.717, 1.165) is 0 Å². The van der Waals surface area contributed by atoms with Crippen molar-refractivity contribution < 1.29 is 24.5 Å². The third-order valence-electron chi connectivity index (χ3n) is 3.36. The predicted molar refractivity (Wildman–Crippen MR) is 53.0 cm³/mol. The Morgan fingerprint density at radius 3 is 2.50 bits per heavy atom. The Morgan fingerprint density at radius 1 is 1.38 bits per heavy atom. The number of carbonyl (C=O) groups excluding carboxylic acids is 2. The Hall–Kier alpha value is -1.46. The average molecular weight is 224 g/mol. The highest BCUT2D eigenvalue weighted by molar-refractivity contribution is 6.01. The van der Waals surface area contributed by atoms with Crippen molar-refractivity contribution >= 4 is 11.8 Å². The van der Waals surface area contributed by atoms with E-state index >= 15 is 0 Å². The van der Waals surface area contributed by atoms with E-state index in [-0.39, 0.29) is 5.76 Å². The Labute approximate surface area is 92.0 Å². The molecule has 1 saturated heterocycles. The molecular weight excluding hydrogens is 212 g/mol. The van der Waals surface area contributed by atoms with Crippen molar-refractivity contribution in [2.45, 2.75) is 19.1 Å². The summed E-state index contributed by atoms with van der Waals surface area (Å²) in [6, 6.07) is 0. The molecule has 0 bridgehead atoms. The van der Waals surface area contributed by atoms with E-state index in [4.69, 9.17) is 4.74 Å². The number of aliphatic hydroxyl groups excluding tert-OH is 2. The van der Waals surface area contributed by atoms with Crippen LogP contribution in [0.2, 0.25) is 0 Å². The summed E-state index contributed by atoms with van der Waals surface area (Å²) in [5.74, 6) is -2.03. The van der Waals surface area contributed by atoms with Crippen LogP contribution >= 0.6 is 0 Å². The fourth-order valence-electron chi connectivity index (χ4n) is 2.31. The van der Waals surface area contributed by atoms with Crippen LogP contribution in [0.4, 0.5) is 0 Å². The number of allylic oxidation sites excluding steroid dienone is 1. The van der Waals surface area contributed by atoms with Gasteiger partial charge in [-0.2, -0.15) is 0 Å². The number of aliphatic hydroxyl groups is 2. The van der Waals surface area contributed by atoms with Crippen molar-refractivity contribution in [3.8, 4) is 0 Å². The lowest BCUT2D eigenvalue weighted by molar-refractivity contribution is -0.163. The molecule has 0 aromatic carbocycles. The minimum Gasteiger partial charge on any atom is -0.428 e. The SMILES string of the molecule is C=C1OC(=O)[C@]2([C@@H]1O)[C@H](O)C(=O)C=C[C@@H]2C. The lowest BCUT2D eigenvalue weighted by Crippen LogP contribution is -2.55. The molecule has 1 aliphatic heterocycles. The zero-order valence-electron chi connectivity index (χ0n) is 8.71. The van der Waals surface area contributed by atoms with Gasteiger partial charge in [0.2, 0.25) is 0 Å². The van der Waals surface area contributed by atoms with Gasteiger partial charge in [0.15, 0.2) is 5.78 Å². The molecule has 2 rings (SSSR count). The molecule has 0 amide bonds. The summed E-state index contributed by atoms with van der Waals surface area (Å²) in [5.41, 5.74) is -1.64. The molecule has 5 heteroatoms. The summed E-state index contributed by atoms with van der Waals surface area (Å²) >= 11 is 0. The van der Waals surface area contributed by atoms with Crippen LogP contribution in [-0.2, 0) is 14.3 Å². The third-order valence-corrected chi connectivity index (χ3v) is 3.36. The summed E-state index contributed by atoms with van der Waals surface area (Å²) < 4.78 is 4.73. The molecule has 16 heavy (non-hydrogen) atoms. The summed E-state index contributed by atoms with van der Waals surface area (Å²) in [5, 5.41) is 19.8. The molecule has 0 saturated carbocycles. The van der Waals surface area contributed by atoms with E-state index in [9.17, 15) is 19.8 Å². The summed E-state index contributed by atoms with van der Waals surface area (Å²) in [6.07, 6.45) is -0.257. The first-order valence-corrected chi connectivity index (χ1v) is 4.91. The molecule has 0 radical (unpaired) electrons. The second-order valence-corrected chi connectivity index (χ2v) is 4.14. The number of hydrogen-bond donors (Lipinski definition) is 2. The van der Waals surface area contributed by atoms with Crippen LogP contribution in [0.15, 0.2) is 24.5 Å². The van der Waals surface area contributed by atoms with E-state index < -0.39 is 35.3 Å². The number of rotatable bonds is 0. The first kappa shape index (κ1) is 11.0. The van der Waals surface area contributed by atoms with Crippen molar-refractivity contribution in [2.24, 2.45) is 11.3 Å². The average Bonchev–Trinajstić information content (AvgIpc) is 2.45. The van der Waals surface area contributed by atoms with Gasteiger partial charge in [-0.25, -0.2) is 0 Å². The summed E-state index contributed by atoms with van der Waals surface area (Å²) in [7, 11) is 0. The normalized spacial score (nSPS) is 42.9. The molecule has 1 heterocycles. The zero-order valence-corrected chi connectivity index (χ0v) is 8.71. The van der Waals surface area contributed by atoms with Crippen LogP contribution in [0, 0.1) is 11.3 Å². The minimum atomic E-state index is -1.64. The van der Waals surface area contributed by atoms with Crippen LogP contribution in [0.3, 0.4) is 0 Å². The smallest absolute Gasteiger partial charge is 0.324 e. The Balaban J connectivity index is 2.58. The highest BCUT2D eigenvalue weighted by Gasteiger charge is 2.64. The molecule has 86 valence electrons. The highest BCUT2D eigenvalue weighted by atomic mass is 16.6. The zero-order chi connectivity index (χ0) is 12.1. The predicted octanol–water partition coefficient (Wildman–Crippen LogP) is -0.460. The largest absolute Gasteiger partial charge is 0.428 e. The fourth-order valence-corrected chi connectivity index (χ4v) is 2.31. The van der Waals surface area contributed by atoms with E-state index in [1.54, 1.807) is 6.92 Å². The number of ether oxygens (including phenoxy) is 1. The van der Waals surface area contributed by atoms with Crippen molar-refractivity contribution in [2.75, 3.05) is 0 Å². The van der Waals surface area contributed by atoms with Gasteiger partial charge in [0, 0.05) is 0 Å². The molecule has 2 aliphatic rings. The van der Waals surface area contributed by atoms with E-state index in [1.807, 2.05) is 0 Å². The van der Waals surface area contributed by atoms with Gasteiger partial charge in [0.25, 0.3) is 0 Å². The molecule has 1 fully saturated rings. The molecule has 1 spiro atoms. The van der Waals surface area contributed by atoms with Crippen LogP contribution in [-0.4, -0.2) is 34.2 Å². The van der Waals surface area contributed by atoms with Gasteiger partial charge in [-0.05, 0) is 12.0 Å². The fraction of sp³-hybridized carbons (Fsp3) is 0.455. The maximum Gasteiger partial charge on any atom is 0.324 e. The number of esters is 1. The molecule has 0 aromatic rings. The second kappa shape index (κ2) is 3.26. The van der Waals surface area contributed by atoms with E-state index in [0.29, 0.717) is 0 Å². The summed E-state index contributed by atoms with van der Waals surface area (Å²) in [4.78, 5) is 23.2. The molecule has 2 N–H and O–H groups in total. The van der Waals surface area contributed by atoms with Gasteiger partial charge in [0.05, 0.1) is 0 Å². The maximum atomic E-state index is 11.7. The summed E-state index contributed by atoms with van der Waals surface area (Å²) in [6.45, 7) is 5.02. The quantitative estimate of drug-likeness (QED) is 0.544. The Kier molecular flexibility index (Phi) is 2.25. The van der Waals surface area contributed by atoms with E-state index in [1.165, 1.54) is 12.2 Å². The van der Waals surface area contributed by atoms with Crippen molar-refractivity contribution in [3.63, 3.8) is 0 Å². The lowest BCUT2D eigenvalue weighted by Gasteiger charge is -2.37. The molecule has 0 aromatic heterocycles. The van der Waals surface area contributed by atoms with Gasteiger partial charge in [-0.1, -0.05) is 19.6 Å². The lowest BCUT2D eigenvalue weighted by atomic mass is 9.65. The Morgan fingerprint density at radius 2 is 2.00 bits per heavy atom. The standard InChI is InChI=1S/C11H12O5/c1-5-3-4-7(12)9(14)11(5)8(13)6(2)16-10(11)15/h3-5,8-9,13-14H,2H2,1H3/t5-,8+,9+,11+/m0/s1. The van der Waals surface area contributed by atoms with Crippen LogP contribution in [0.25, 0.3) is 0 Å². The molecule has 0 unspecified atom stereocenters. The molecule has 4 atom stereocenters. The van der Waals surface area contributed by atoms with E-state index in [2.05, 4.69) is 6.58 Å².